The number of hydrogen-bond donors (Lipinski definition) is 0. The maximum atomic E-state index is 13.1. The Kier molecular flexibility index (Phi) is 7.07. The van der Waals surface area contributed by atoms with E-state index in [1.165, 1.54) is 37.7 Å². The summed E-state index contributed by atoms with van der Waals surface area (Å²) in [5.74, 6) is 1.81. The molecule has 2 aliphatic heterocycles. The molecule has 5 heteroatoms. The van der Waals surface area contributed by atoms with Gasteiger partial charge in [-0.2, -0.15) is 0 Å². The monoisotopic (exact) mass is 428 g/mol. The van der Waals surface area contributed by atoms with E-state index in [4.69, 9.17) is 0 Å². The molecule has 0 N–H and O–H groups in total. The van der Waals surface area contributed by atoms with Crippen molar-refractivity contribution in [2.75, 3.05) is 25.4 Å². The second kappa shape index (κ2) is 9.76. The van der Waals surface area contributed by atoms with Crippen molar-refractivity contribution in [3.63, 3.8) is 0 Å². The average molecular weight is 429 g/mol. The molecule has 4 rings (SSSR count). The number of likely N-dealkylation sites (tertiary alicyclic amines) is 1. The summed E-state index contributed by atoms with van der Waals surface area (Å²) in [7, 11) is 0. The van der Waals surface area contributed by atoms with Crippen LogP contribution in [0.4, 0.5) is 0 Å². The molecule has 164 valence electrons. The largest absolute Gasteiger partial charge is 0.338 e. The Bertz CT molecular complexity index is 734. The maximum Gasteiger partial charge on any atom is 0.253 e. The summed E-state index contributed by atoms with van der Waals surface area (Å²) in [6, 6.07) is 8.22. The van der Waals surface area contributed by atoms with Gasteiger partial charge in [-0.25, -0.2) is 0 Å². The lowest BCUT2D eigenvalue weighted by Gasteiger charge is -2.44. The first kappa shape index (κ1) is 21.7. The Morgan fingerprint density at radius 2 is 1.73 bits per heavy atom. The van der Waals surface area contributed by atoms with Crippen molar-refractivity contribution in [3.8, 4) is 0 Å². The number of amides is 2. The standard InChI is InChI=1S/C25H36N2O2S/c1-2-3-4-7-20-10-12-22(13-11-20)23(28)26-16-14-25(15-17-26)27(18-19-30-25)24(29)21-8-5-6-9-21/h10-13,21H,2-9,14-19H2,1H3. The van der Waals surface area contributed by atoms with Crippen LogP contribution in [0, 0.1) is 5.92 Å². The van der Waals surface area contributed by atoms with Crippen LogP contribution < -0.4 is 0 Å². The third-order valence-corrected chi connectivity index (χ3v) is 8.80. The minimum absolute atomic E-state index is 0.0699. The summed E-state index contributed by atoms with van der Waals surface area (Å²) in [4.78, 5) is 30.3. The summed E-state index contributed by atoms with van der Waals surface area (Å²) >= 11 is 1.95. The highest BCUT2D eigenvalue weighted by atomic mass is 32.2. The minimum atomic E-state index is -0.0699. The number of piperidine rings is 1. The minimum Gasteiger partial charge on any atom is -0.338 e. The summed E-state index contributed by atoms with van der Waals surface area (Å²) in [5.41, 5.74) is 2.11. The van der Waals surface area contributed by atoms with E-state index in [9.17, 15) is 9.59 Å². The molecule has 3 aliphatic rings. The van der Waals surface area contributed by atoms with E-state index >= 15 is 0 Å². The summed E-state index contributed by atoms with van der Waals surface area (Å²) < 4.78 is 0. The molecular formula is C25H36N2O2S. The summed E-state index contributed by atoms with van der Waals surface area (Å²) in [6.45, 7) is 4.60. The van der Waals surface area contributed by atoms with Crippen LogP contribution in [0.15, 0.2) is 24.3 Å². The van der Waals surface area contributed by atoms with Gasteiger partial charge in [0.1, 0.15) is 0 Å². The Morgan fingerprint density at radius 1 is 1.03 bits per heavy atom. The second-order valence-electron chi connectivity index (χ2n) is 9.21. The van der Waals surface area contributed by atoms with Gasteiger partial charge in [0.05, 0.1) is 4.87 Å². The van der Waals surface area contributed by atoms with Crippen LogP contribution in [0.25, 0.3) is 0 Å². The molecule has 1 aliphatic carbocycles. The van der Waals surface area contributed by atoms with E-state index in [1.54, 1.807) is 0 Å². The van der Waals surface area contributed by atoms with Gasteiger partial charge in [-0.1, -0.05) is 44.7 Å². The molecule has 0 atom stereocenters. The molecule has 1 aromatic rings. The van der Waals surface area contributed by atoms with Crippen molar-refractivity contribution in [2.24, 2.45) is 5.92 Å². The number of aryl methyl sites for hydroxylation is 1. The zero-order chi connectivity index (χ0) is 21.0. The van der Waals surface area contributed by atoms with Gasteiger partial charge in [0, 0.05) is 36.9 Å². The molecule has 0 bridgehead atoms. The van der Waals surface area contributed by atoms with Crippen molar-refractivity contribution in [1.82, 2.24) is 9.80 Å². The molecule has 1 spiro atoms. The number of unbranched alkanes of at least 4 members (excludes halogenated alkanes) is 2. The molecule has 2 amide bonds. The summed E-state index contributed by atoms with van der Waals surface area (Å²) in [6.07, 6.45) is 11.1. The highest BCUT2D eigenvalue weighted by molar-refractivity contribution is 8.00. The number of carbonyl (C=O) groups excluding carboxylic acids is 2. The van der Waals surface area contributed by atoms with Crippen LogP contribution in [0.2, 0.25) is 0 Å². The maximum absolute atomic E-state index is 13.1. The first-order valence-corrected chi connectivity index (χ1v) is 13.0. The van der Waals surface area contributed by atoms with E-state index in [1.807, 2.05) is 28.8 Å². The zero-order valence-electron chi connectivity index (χ0n) is 18.4. The molecule has 3 fully saturated rings. The SMILES string of the molecule is CCCCCc1ccc(C(=O)N2CCC3(CC2)SCCN3C(=O)C2CCCC2)cc1. The van der Waals surface area contributed by atoms with Gasteiger partial charge >= 0.3 is 0 Å². The van der Waals surface area contributed by atoms with E-state index in [0.717, 1.165) is 63.1 Å². The number of rotatable bonds is 6. The molecular weight excluding hydrogens is 392 g/mol. The van der Waals surface area contributed by atoms with Crippen molar-refractivity contribution >= 4 is 23.6 Å². The summed E-state index contributed by atoms with van der Waals surface area (Å²) in [5, 5.41) is 0. The van der Waals surface area contributed by atoms with Crippen LogP contribution in [-0.2, 0) is 11.2 Å². The number of carbonyl (C=O) groups is 2. The fourth-order valence-corrected chi connectivity index (χ4v) is 6.82. The lowest BCUT2D eigenvalue weighted by molar-refractivity contribution is -0.138. The normalized spacial score (nSPS) is 21.5. The Labute approximate surface area is 185 Å². The molecule has 0 radical (unpaired) electrons. The van der Waals surface area contributed by atoms with Crippen LogP contribution >= 0.6 is 11.8 Å². The number of thioether (sulfide) groups is 1. The van der Waals surface area contributed by atoms with Gasteiger partial charge in [0.25, 0.3) is 5.91 Å². The fourth-order valence-electron chi connectivity index (χ4n) is 5.36. The number of hydrogen-bond acceptors (Lipinski definition) is 3. The highest BCUT2D eigenvalue weighted by Gasteiger charge is 2.48. The predicted octanol–water partition coefficient (Wildman–Crippen LogP) is 5.12. The number of benzene rings is 1. The fraction of sp³-hybridized carbons (Fsp3) is 0.680. The van der Waals surface area contributed by atoms with Gasteiger partial charge < -0.3 is 9.80 Å². The quantitative estimate of drug-likeness (QED) is 0.591. The van der Waals surface area contributed by atoms with Gasteiger partial charge in [-0.05, 0) is 56.2 Å². The van der Waals surface area contributed by atoms with Gasteiger partial charge in [0.15, 0.2) is 0 Å². The van der Waals surface area contributed by atoms with Crippen molar-refractivity contribution in [3.05, 3.63) is 35.4 Å². The van der Waals surface area contributed by atoms with E-state index in [-0.39, 0.29) is 16.7 Å². The van der Waals surface area contributed by atoms with Crippen LogP contribution in [0.5, 0.6) is 0 Å². The molecule has 2 saturated heterocycles. The first-order valence-electron chi connectivity index (χ1n) is 12.0. The molecule has 1 saturated carbocycles. The number of nitrogens with zero attached hydrogens (tertiary/aromatic N) is 2. The molecule has 2 heterocycles. The lowest BCUT2D eigenvalue weighted by atomic mass is 9.98. The topological polar surface area (TPSA) is 40.6 Å². The van der Waals surface area contributed by atoms with E-state index < -0.39 is 0 Å². The van der Waals surface area contributed by atoms with Crippen molar-refractivity contribution < 1.29 is 9.59 Å². The van der Waals surface area contributed by atoms with Crippen LogP contribution in [0.3, 0.4) is 0 Å². The van der Waals surface area contributed by atoms with E-state index in [0.29, 0.717) is 5.91 Å². The Morgan fingerprint density at radius 3 is 2.40 bits per heavy atom. The van der Waals surface area contributed by atoms with Gasteiger partial charge in [-0.15, -0.1) is 11.8 Å². The van der Waals surface area contributed by atoms with Crippen LogP contribution in [0.1, 0.15) is 80.6 Å². The van der Waals surface area contributed by atoms with Crippen molar-refractivity contribution in [2.45, 2.75) is 76.0 Å². The smallest absolute Gasteiger partial charge is 0.253 e. The third kappa shape index (κ3) is 4.56. The first-order chi connectivity index (χ1) is 14.6. The molecule has 0 unspecified atom stereocenters. The third-order valence-electron chi connectivity index (χ3n) is 7.25. The van der Waals surface area contributed by atoms with Gasteiger partial charge in [0.2, 0.25) is 5.91 Å². The van der Waals surface area contributed by atoms with Crippen LogP contribution in [-0.4, -0.2) is 51.9 Å². The highest BCUT2D eigenvalue weighted by Crippen LogP contribution is 2.45. The molecule has 4 nitrogen and oxygen atoms in total. The van der Waals surface area contributed by atoms with Gasteiger partial charge in [-0.3, -0.25) is 9.59 Å². The lowest BCUT2D eigenvalue weighted by Crippen LogP contribution is -2.54. The zero-order valence-corrected chi connectivity index (χ0v) is 19.2. The molecule has 0 aromatic heterocycles. The predicted molar refractivity (Wildman–Crippen MR) is 124 cm³/mol. The van der Waals surface area contributed by atoms with Crippen molar-refractivity contribution in [1.29, 1.82) is 0 Å². The Hall–Kier alpha value is -1.49. The second-order valence-corrected chi connectivity index (χ2v) is 10.7. The molecule has 30 heavy (non-hydrogen) atoms. The van der Waals surface area contributed by atoms with E-state index in [2.05, 4.69) is 24.0 Å². The average Bonchev–Trinajstić information content (AvgIpc) is 3.45. The Balaban J connectivity index is 1.34. The molecule has 1 aromatic carbocycles.